The summed E-state index contributed by atoms with van der Waals surface area (Å²) in [7, 11) is 0. The maximum atomic E-state index is 12.1. The Kier molecular flexibility index (Phi) is 6.71. The molecule has 0 aliphatic carbocycles. The highest BCUT2D eigenvalue weighted by molar-refractivity contribution is 5.90. The van der Waals surface area contributed by atoms with E-state index in [9.17, 15) is 4.79 Å². The van der Waals surface area contributed by atoms with Gasteiger partial charge < -0.3 is 15.0 Å². The van der Waals surface area contributed by atoms with Gasteiger partial charge in [-0.05, 0) is 50.2 Å². The van der Waals surface area contributed by atoms with Gasteiger partial charge in [-0.15, -0.1) is 0 Å². The van der Waals surface area contributed by atoms with Crippen LogP contribution in [0.5, 0.6) is 5.75 Å². The van der Waals surface area contributed by atoms with E-state index < -0.39 is 0 Å². The summed E-state index contributed by atoms with van der Waals surface area (Å²) in [6.07, 6.45) is 0.327. The number of amides is 1. The zero-order valence-corrected chi connectivity index (χ0v) is 16.2. The van der Waals surface area contributed by atoms with E-state index in [-0.39, 0.29) is 5.91 Å². The molecule has 1 saturated heterocycles. The lowest BCUT2D eigenvalue weighted by Gasteiger charge is -2.38. The van der Waals surface area contributed by atoms with E-state index in [1.807, 2.05) is 42.5 Å². The van der Waals surface area contributed by atoms with Gasteiger partial charge in [-0.25, -0.2) is 0 Å². The summed E-state index contributed by atoms with van der Waals surface area (Å²) >= 11 is 0. The Hall–Kier alpha value is -2.53. The van der Waals surface area contributed by atoms with Gasteiger partial charge in [0.2, 0.25) is 5.91 Å². The molecule has 1 fully saturated rings. The summed E-state index contributed by atoms with van der Waals surface area (Å²) in [6.45, 7) is 9.14. The Morgan fingerprint density at radius 3 is 2.30 bits per heavy atom. The molecule has 27 heavy (non-hydrogen) atoms. The molecule has 2 aromatic rings. The van der Waals surface area contributed by atoms with Crippen molar-refractivity contribution in [3.8, 4) is 5.75 Å². The van der Waals surface area contributed by atoms with Crippen LogP contribution < -0.4 is 15.0 Å². The van der Waals surface area contributed by atoms with Crippen molar-refractivity contribution in [2.24, 2.45) is 0 Å². The number of anilines is 2. The minimum absolute atomic E-state index is 0.0378. The molecule has 2 aromatic carbocycles. The predicted molar refractivity (Wildman–Crippen MR) is 111 cm³/mol. The van der Waals surface area contributed by atoms with Crippen LogP contribution in [0.25, 0.3) is 0 Å². The van der Waals surface area contributed by atoms with Crippen molar-refractivity contribution in [2.75, 3.05) is 43.0 Å². The molecule has 1 aliphatic heterocycles. The predicted octanol–water partition coefficient (Wildman–Crippen LogP) is 3.62. The lowest BCUT2D eigenvalue weighted by atomic mass is 10.2. The van der Waals surface area contributed by atoms with E-state index in [1.165, 1.54) is 5.69 Å². The third-order valence-electron chi connectivity index (χ3n) is 4.90. The van der Waals surface area contributed by atoms with Crippen molar-refractivity contribution in [3.05, 3.63) is 54.6 Å². The molecule has 1 amide bonds. The molecule has 144 valence electrons. The van der Waals surface area contributed by atoms with Crippen molar-refractivity contribution in [1.29, 1.82) is 0 Å². The fourth-order valence-electron chi connectivity index (χ4n) is 3.25. The Balaban J connectivity index is 1.43. The molecule has 3 rings (SSSR count). The number of ether oxygens (including phenoxy) is 1. The minimum Gasteiger partial charge on any atom is -0.493 e. The largest absolute Gasteiger partial charge is 0.493 e. The van der Waals surface area contributed by atoms with Crippen molar-refractivity contribution in [3.63, 3.8) is 0 Å². The normalized spacial score (nSPS) is 15.0. The van der Waals surface area contributed by atoms with Crippen LogP contribution in [-0.2, 0) is 4.79 Å². The quantitative estimate of drug-likeness (QED) is 0.812. The van der Waals surface area contributed by atoms with E-state index >= 15 is 0 Å². The Bertz CT molecular complexity index is 708. The fraction of sp³-hybridized carbons (Fsp3) is 0.409. The second kappa shape index (κ2) is 9.42. The molecule has 0 bridgehead atoms. The molecule has 5 heteroatoms. The summed E-state index contributed by atoms with van der Waals surface area (Å²) in [5, 5.41) is 2.93. The van der Waals surface area contributed by atoms with Gasteiger partial charge in [0.15, 0.2) is 0 Å². The number of nitrogens with one attached hydrogen (secondary N) is 1. The highest BCUT2D eigenvalue weighted by atomic mass is 16.5. The van der Waals surface area contributed by atoms with Crippen molar-refractivity contribution >= 4 is 17.3 Å². The smallest absolute Gasteiger partial charge is 0.227 e. The zero-order chi connectivity index (χ0) is 19.1. The third kappa shape index (κ3) is 5.73. The second-order valence-electron chi connectivity index (χ2n) is 7.12. The molecule has 1 heterocycles. The first-order chi connectivity index (χ1) is 13.1. The SMILES string of the molecule is CC(C)N1CCN(c2ccc(NC(=O)CCOc3ccccc3)cc2)CC1. The number of rotatable bonds is 7. The summed E-state index contributed by atoms with van der Waals surface area (Å²) in [5.41, 5.74) is 2.04. The van der Waals surface area contributed by atoms with Crippen LogP contribution in [0.15, 0.2) is 54.6 Å². The topological polar surface area (TPSA) is 44.8 Å². The van der Waals surface area contributed by atoms with Crippen LogP contribution in [0.1, 0.15) is 20.3 Å². The second-order valence-corrected chi connectivity index (χ2v) is 7.12. The molecule has 0 aromatic heterocycles. The number of carbonyl (C=O) groups is 1. The van der Waals surface area contributed by atoms with E-state index in [0.717, 1.165) is 37.6 Å². The number of benzene rings is 2. The number of carbonyl (C=O) groups excluding carboxylic acids is 1. The first-order valence-electron chi connectivity index (χ1n) is 9.68. The highest BCUT2D eigenvalue weighted by Crippen LogP contribution is 2.20. The van der Waals surface area contributed by atoms with Crippen LogP contribution in [0.3, 0.4) is 0 Å². The van der Waals surface area contributed by atoms with Crippen molar-refractivity contribution in [2.45, 2.75) is 26.3 Å². The van der Waals surface area contributed by atoms with Gasteiger partial charge in [-0.3, -0.25) is 9.69 Å². The number of nitrogens with zero attached hydrogens (tertiary/aromatic N) is 2. The molecular weight excluding hydrogens is 338 g/mol. The molecular formula is C22H29N3O2. The molecule has 0 saturated carbocycles. The van der Waals surface area contributed by atoms with Gasteiger partial charge in [-0.1, -0.05) is 18.2 Å². The number of piperazine rings is 1. The molecule has 0 atom stereocenters. The Morgan fingerprint density at radius 1 is 1.00 bits per heavy atom. The number of hydrogen-bond donors (Lipinski definition) is 1. The van der Waals surface area contributed by atoms with Gasteiger partial charge >= 0.3 is 0 Å². The van der Waals surface area contributed by atoms with Gasteiger partial charge in [0, 0.05) is 43.6 Å². The molecule has 0 unspecified atom stereocenters. The summed E-state index contributed by atoms with van der Waals surface area (Å²) in [6, 6.07) is 18.3. The minimum atomic E-state index is -0.0378. The van der Waals surface area contributed by atoms with E-state index in [0.29, 0.717) is 19.1 Å². The Labute approximate surface area is 161 Å². The van der Waals surface area contributed by atoms with E-state index in [4.69, 9.17) is 4.74 Å². The van der Waals surface area contributed by atoms with Crippen molar-refractivity contribution in [1.82, 2.24) is 4.90 Å². The lowest BCUT2D eigenvalue weighted by molar-refractivity contribution is -0.116. The van der Waals surface area contributed by atoms with E-state index in [1.54, 1.807) is 0 Å². The lowest BCUT2D eigenvalue weighted by Crippen LogP contribution is -2.48. The fourth-order valence-corrected chi connectivity index (χ4v) is 3.25. The van der Waals surface area contributed by atoms with E-state index in [2.05, 4.69) is 41.1 Å². The average molecular weight is 367 g/mol. The first-order valence-corrected chi connectivity index (χ1v) is 9.68. The van der Waals surface area contributed by atoms with Gasteiger partial charge in [0.25, 0.3) is 0 Å². The van der Waals surface area contributed by atoms with Gasteiger partial charge in [0.05, 0.1) is 13.0 Å². The Morgan fingerprint density at radius 2 is 1.67 bits per heavy atom. The van der Waals surface area contributed by atoms with Crippen LogP contribution in [0.4, 0.5) is 11.4 Å². The van der Waals surface area contributed by atoms with Crippen LogP contribution in [-0.4, -0.2) is 49.6 Å². The van der Waals surface area contributed by atoms with Crippen LogP contribution >= 0.6 is 0 Å². The maximum Gasteiger partial charge on any atom is 0.227 e. The monoisotopic (exact) mass is 367 g/mol. The summed E-state index contributed by atoms with van der Waals surface area (Å²) in [5.74, 6) is 0.747. The molecule has 5 nitrogen and oxygen atoms in total. The third-order valence-corrected chi connectivity index (χ3v) is 4.90. The van der Waals surface area contributed by atoms with Gasteiger partial charge in [0.1, 0.15) is 5.75 Å². The van der Waals surface area contributed by atoms with Crippen molar-refractivity contribution < 1.29 is 9.53 Å². The summed E-state index contributed by atoms with van der Waals surface area (Å²) < 4.78 is 5.57. The molecule has 1 N–H and O–H groups in total. The van der Waals surface area contributed by atoms with Crippen LogP contribution in [0, 0.1) is 0 Å². The van der Waals surface area contributed by atoms with Crippen LogP contribution in [0.2, 0.25) is 0 Å². The first kappa shape index (κ1) is 19.2. The number of para-hydroxylation sites is 1. The number of hydrogen-bond acceptors (Lipinski definition) is 4. The average Bonchev–Trinajstić information content (AvgIpc) is 2.69. The zero-order valence-electron chi connectivity index (χ0n) is 16.2. The molecule has 0 radical (unpaired) electrons. The highest BCUT2D eigenvalue weighted by Gasteiger charge is 2.18. The standard InChI is InChI=1S/C22H29N3O2/c1-18(2)24-13-15-25(16-14-24)20-10-8-19(9-11-20)23-22(26)12-17-27-21-6-4-3-5-7-21/h3-11,18H,12-17H2,1-2H3,(H,23,26). The van der Waals surface area contributed by atoms with Gasteiger partial charge in [-0.2, -0.15) is 0 Å². The maximum absolute atomic E-state index is 12.1. The summed E-state index contributed by atoms with van der Waals surface area (Å²) in [4.78, 5) is 17.0. The molecule has 1 aliphatic rings. The molecule has 0 spiro atoms.